The number of ether oxygens (including phenoxy) is 1. The second-order valence-electron chi connectivity index (χ2n) is 7.24. The topological polar surface area (TPSA) is 63.2 Å². The molecule has 138 valence electrons. The maximum absolute atomic E-state index is 5.57. The minimum absolute atomic E-state index is 0.206. The Morgan fingerprint density at radius 1 is 1.00 bits per heavy atom. The van der Waals surface area contributed by atoms with Gasteiger partial charge in [-0.1, -0.05) is 19.3 Å². The Hall–Kier alpha value is -2.05. The van der Waals surface area contributed by atoms with E-state index in [0.29, 0.717) is 5.95 Å². The average molecular weight is 353 g/mol. The van der Waals surface area contributed by atoms with Crippen LogP contribution < -0.4 is 5.32 Å². The van der Waals surface area contributed by atoms with Gasteiger partial charge in [-0.05, 0) is 31.0 Å². The summed E-state index contributed by atoms with van der Waals surface area (Å²) < 4.78 is 5.57. The zero-order valence-electron chi connectivity index (χ0n) is 15.2. The zero-order chi connectivity index (χ0) is 17.7. The zero-order valence-corrected chi connectivity index (χ0v) is 15.2. The minimum atomic E-state index is 0.206. The Morgan fingerprint density at radius 2 is 1.77 bits per heavy atom. The summed E-state index contributed by atoms with van der Waals surface area (Å²) in [6.07, 6.45) is 11.8. The molecule has 1 saturated heterocycles. The monoisotopic (exact) mass is 353 g/mol. The van der Waals surface area contributed by atoms with Crippen LogP contribution in [0.25, 0.3) is 11.3 Å². The van der Waals surface area contributed by atoms with Crippen molar-refractivity contribution < 1.29 is 4.74 Å². The Kier molecular flexibility index (Phi) is 5.41. The third-order valence-corrected chi connectivity index (χ3v) is 5.67. The summed E-state index contributed by atoms with van der Waals surface area (Å²) in [6, 6.07) is 5.89. The van der Waals surface area contributed by atoms with Gasteiger partial charge in [0, 0.05) is 49.3 Å². The number of pyridine rings is 1. The summed E-state index contributed by atoms with van der Waals surface area (Å²) in [5.74, 6) is 0.706. The second-order valence-corrected chi connectivity index (χ2v) is 7.24. The molecule has 3 heterocycles. The lowest BCUT2D eigenvalue weighted by molar-refractivity contribution is -0.0319. The maximum atomic E-state index is 5.57. The Balaban J connectivity index is 1.49. The van der Waals surface area contributed by atoms with Gasteiger partial charge in [0.25, 0.3) is 0 Å². The average Bonchev–Trinajstić information content (AvgIpc) is 2.74. The number of nitrogens with one attached hydrogen (secondary N) is 1. The smallest absolute Gasteiger partial charge is 0.223 e. The van der Waals surface area contributed by atoms with Gasteiger partial charge in [-0.25, -0.2) is 9.97 Å². The molecule has 1 N–H and O–H groups in total. The molecule has 1 aliphatic heterocycles. The van der Waals surface area contributed by atoms with Crippen molar-refractivity contribution in [2.75, 3.05) is 38.2 Å². The van der Waals surface area contributed by atoms with Crippen LogP contribution in [0.5, 0.6) is 0 Å². The second kappa shape index (κ2) is 8.10. The van der Waals surface area contributed by atoms with E-state index in [-0.39, 0.29) is 5.54 Å². The predicted octanol–water partition coefficient (Wildman–Crippen LogP) is 2.99. The van der Waals surface area contributed by atoms with Crippen molar-refractivity contribution in [1.82, 2.24) is 19.9 Å². The normalized spacial score (nSPS) is 20.6. The van der Waals surface area contributed by atoms with E-state index in [1.807, 2.05) is 24.4 Å². The Bertz CT molecular complexity index is 696. The van der Waals surface area contributed by atoms with Crippen LogP contribution in [-0.4, -0.2) is 58.2 Å². The first-order valence-corrected chi connectivity index (χ1v) is 9.66. The van der Waals surface area contributed by atoms with Crippen LogP contribution in [0.4, 0.5) is 5.95 Å². The molecular formula is C20H27N5O. The van der Waals surface area contributed by atoms with Crippen molar-refractivity contribution in [3.63, 3.8) is 0 Å². The van der Waals surface area contributed by atoms with Gasteiger partial charge >= 0.3 is 0 Å². The summed E-state index contributed by atoms with van der Waals surface area (Å²) in [7, 11) is 0. The fourth-order valence-corrected chi connectivity index (χ4v) is 4.22. The number of morpholine rings is 1. The van der Waals surface area contributed by atoms with Gasteiger partial charge in [0.2, 0.25) is 5.95 Å². The molecule has 0 amide bonds. The number of hydrogen-bond donors (Lipinski definition) is 1. The number of rotatable bonds is 5. The molecule has 26 heavy (non-hydrogen) atoms. The Morgan fingerprint density at radius 3 is 2.54 bits per heavy atom. The van der Waals surface area contributed by atoms with Crippen LogP contribution in [0.1, 0.15) is 32.1 Å². The van der Waals surface area contributed by atoms with Crippen LogP contribution in [0, 0.1) is 0 Å². The lowest BCUT2D eigenvalue weighted by Crippen LogP contribution is -2.58. The third kappa shape index (κ3) is 3.86. The number of anilines is 1. The molecule has 6 heteroatoms. The van der Waals surface area contributed by atoms with Crippen LogP contribution in [0.2, 0.25) is 0 Å². The van der Waals surface area contributed by atoms with Crippen molar-refractivity contribution in [3.05, 3.63) is 36.8 Å². The number of hydrogen-bond acceptors (Lipinski definition) is 6. The molecule has 0 radical (unpaired) electrons. The van der Waals surface area contributed by atoms with Gasteiger partial charge in [-0.3, -0.25) is 9.88 Å². The molecule has 2 aromatic rings. The highest BCUT2D eigenvalue weighted by atomic mass is 16.5. The molecule has 0 unspecified atom stereocenters. The van der Waals surface area contributed by atoms with Crippen molar-refractivity contribution in [2.24, 2.45) is 0 Å². The third-order valence-electron chi connectivity index (χ3n) is 5.67. The highest BCUT2D eigenvalue weighted by molar-refractivity contribution is 5.59. The summed E-state index contributed by atoms with van der Waals surface area (Å²) >= 11 is 0. The minimum Gasteiger partial charge on any atom is -0.379 e. The fourth-order valence-electron chi connectivity index (χ4n) is 4.22. The van der Waals surface area contributed by atoms with Crippen LogP contribution in [-0.2, 0) is 4.74 Å². The van der Waals surface area contributed by atoms with Crippen molar-refractivity contribution in [3.8, 4) is 11.3 Å². The van der Waals surface area contributed by atoms with Crippen LogP contribution in [0.15, 0.2) is 36.8 Å². The highest BCUT2D eigenvalue weighted by Gasteiger charge is 2.38. The quantitative estimate of drug-likeness (QED) is 0.892. The molecule has 4 rings (SSSR count). The van der Waals surface area contributed by atoms with Crippen LogP contribution >= 0.6 is 0 Å². The first-order valence-electron chi connectivity index (χ1n) is 9.66. The molecule has 0 bridgehead atoms. The first-order chi connectivity index (χ1) is 12.9. The largest absolute Gasteiger partial charge is 0.379 e. The van der Waals surface area contributed by atoms with Crippen molar-refractivity contribution in [2.45, 2.75) is 37.6 Å². The molecule has 0 atom stereocenters. The van der Waals surface area contributed by atoms with Crippen molar-refractivity contribution in [1.29, 1.82) is 0 Å². The fraction of sp³-hybridized carbons (Fsp3) is 0.550. The van der Waals surface area contributed by atoms with E-state index in [2.05, 4.69) is 20.2 Å². The lowest BCUT2D eigenvalue weighted by atomic mass is 9.80. The molecule has 0 spiro atoms. The van der Waals surface area contributed by atoms with Gasteiger partial charge in [0.05, 0.1) is 18.9 Å². The van der Waals surface area contributed by atoms with Gasteiger partial charge in [-0.2, -0.15) is 0 Å². The molecule has 0 aromatic carbocycles. The summed E-state index contributed by atoms with van der Waals surface area (Å²) in [5.41, 5.74) is 2.19. The van der Waals surface area contributed by atoms with E-state index < -0.39 is 0 Å². The van der Waals surface area contributed by atoms with E-state index in [1.54, 1.807) is 12.4 Å². The van der Waals surface area contributed by atoms with Gasteiger partial charge in [-0.15, -0.1) is 0 Å². The molecule has 1 saturated carbocycles. The molecule has 2 fully saturated rings. The maximum Gasteiger partial charge on any atom is 0.223 e. The highest BCUT2D eigenvalue weighted by Crippen LogP contribution is 2.34. The number of nitrogens with zero attached hydrogens (tertiary/aromatic N) is 4. The van der Waals surface area contributed by atoms with Crippen LogP contribution in [0.3, 0.4) is 0 Å². The van der Waals surface area contributed by atoms with Crippen molar-refractivity contribution >= 4 is 5.95 Å². The molecular weight excluding hydrogens is 326 g/mol. The summed E-state index contributed by atoms with van der Waals surface area (Å²) in [4.78, 5) is 15.9. The van der Waals surface area contributed by atoms with E-state index in [4.69, 9.17) is 9.72 Å². The van der Waals surface area contributed by atoms with Gasteiger partial charge in [0.1, 0.15) is 0 Å². The summed E-state index contributed by atoms with van der Waals surface area (Å²) in [6.45, 7) is 4.64. The summed E-state index contributed by atoms with van der Waals surface area (Å²) in [5, 5.41) is 3.54. The first kappa shape index (κ1) is 17.4. The van der Waals surface area contributed by atoms with E-state index in [1.165, 1.54) is 32.1 Å². The molecule has 2 aromatic heterocycles. The lowest BCUT2D eigenvalue weighted by Gasteiger charge is -2.48. The SMILES string of the molecule is c1cc(-c2ccnc(NCC3(N4CCOCC4)CCCCC3)n2)ccn1. The van der Waals surface area contributed by atoms with E-state index in [0.717, 1.165) is 44.1 Å². The van der Waals surface area contributed by atoms with Gasteiger partial charge in [0.15, 0.2) is 0 Å². The number of aromatic nitrogens is 3. The van der Waals surface area contributed by atoms with Gasteiger partial charge < -0.3 is 10.1 Å². The predicted molar refractivity (Wildman–Crippen MR) is 102 cm³/mol. The standard InChI is InChI=1S/C20H27N5O/c1-2-7-20(8-3-1,25-12-14-26-15-13-25)16-23-19-22-11-6-18(24-19)17-4-9-21-10-5-17/h4-6,9-11H,1-3,7-8,12-16H2,(H,22,23,24). The Labute approximate surface area is 155 Å². The van der Waals surface area contributed by atoms with E-state index in [9.17, 15) is 0 Å². The van der Waals surface area contributed by atoms with E-state index >= 15 is 0 Å². The molecule has 2 aliphatic rings. The molecule has 6 nitrogen and oxygen atoms in total. The molecule has 1 aliphatic carbocycles.